The van der Waals surface area contributed by atoms with Crippen molar-refractivity contribution in [2.45, 2.75) is 25.4 Å². The van der Waals surface area contributed by atoms with Crippen molar-refractivity contribution >= 4 is 17.4 Å². The zero-order valence-electron chi connectivity index (χ0n) is 11.9. The molecule has 1 aromatic carbocycles. The van der Waals surface area contributed by atoms with E-state index in [9.17, 15) is 9.90 Å². The molecule has 0 spiro atoms. The number of ether oxygens (including phenoxy) is 1. The quantitative estimate of drug-likeness (QED) is 0.867. The van der Waals surface area contributed by atoms with Crippen LogP contribution in [-0.4, -0.2) is 48.1 Å². The average Bonchev–Trinajstić information content (AvgIpc) is 2.41. The Morgan fingerprint density at radius 2 is 2.10 bits per heavy atom. The second-order valence-corrected chi connectivity index (χ2v) is 5.95. The third kappa shape index (κ3) is 3.72. The Labute approximate surface area is 124 Å². The van der Waals surface area contributed by atoms with Crippen molar-refractivity contribution in [2.75, 3.05) is 26.7 Å². The van der Waals surface area contributed by atoms with E-state index in [2.05, 4.69) is 4.90 Å². The van der Waals surface area contributed by atoms with Crippen LogP contribution >= 0.6 is 11.6 Å². The number of piperidine rings is 1. The van der Waals surface area contributed by atoms with Crippen molar-refractivity contribution in [3.05, 3.63) is 28.8 Å². The van der Waals surface area contributed by atoms with Gasteiger partial charge in [0, 0.05) is 18.7 Å². The van der Waals surface area contributed by atoms with Crippen LogP contribution in [0.3, 0.4) is 0 Å². The molecule has 1 saturated heterocycles. The van der Waals surface area contributed by atoms with Gasteiger partial charge in [-0.25, -0.2) is 0 Å². The first-order valence-electron chi connectivity index (χ1n) is 6.73. The molecule has 0 bridgehead atoms. The predicted molar refractivity (Wildman–Crippen MR) is 78.6 cm³/mol. The molecule has 0 aliphatic carbocycles. The maximum Gasteiger partial charge on any atom is 0.176 e. The number of benzene rings is 1. The number of aliphatic hydroxyl groups is 1. The lowest BCUT2D eigenvalue weighted by molar-refractivity contribution is -0.00420. The molecule has 2 rings (SSSR count). The molecule has 20 heavy (non-hydrogen) atoms. The van der Waals surface area contributed by atoms with E-state index in [1.54, 1.807) is 25.3 Å². The fourth-order valence-electron chi connectivity index (χ4n) is 2.33. The summed E-state index contributed by atoms with van der Waals surface area (Å²) in [6, 6.07) is 5.08. The van der Waals surface area contributed by atoms with Crippen molar-refractivity contribution in [2.24, 2.45) is 0 Å². The van der Waals surface area contributed by atoms with Crippen molar-refractivity contribution < 1.29 is 14.6 Å². The van der Waals surface area contributed by atoms with E-state index in [0.717, 1.165) is 13.1 Å². The molecule has 0 aromatic heterocycles. The molecule has 1 aliphatic heterocycles. The molecule has 1 aromatic rings. The van der Waals surface area contributed by atoms with Crippen LogP contribution in [-0.2, 0) is 0 Å². The monoisotopic (exact) mass is 297 g/mol. The number of hydrogen-bond donors (Lipinski definition) is 1. The molecule has 0 saturated carbocycles. The first-order chi connectivity index (χ1) is 9.41. The number of likely N-dealkylation sites (tertiary alicyclic amines) is 1. The molecular formula is C15H20ClNO3. The normalized spacial score (nSPS) is 18.8. The van der Waals surface area contributed by atoms with E-state index in [-0.39, 0.29) is 5.78 Å². The number of nitrogens with zero attached hydrogens (tertiary/aromatic N) is 1. The van der Waals surface area contributed by atoms with Crippen molar-refractivity contribution in [1.82, 2.24) is 4.90 Å². The minimum atomic E-state index is -0.594. The van der Waals surface area contributed by atoms with E-state index in [0.29, 0.717) is 35.7 Å². The van der Waals surface area contributed by atoms with Gasteiger partial charge < -0.3 is 9.84 Å². The van der Waals surface area contributed by atoms with Gasteiger partial charge in [-0.2, -0.15) is 0 Å². The van der Waals surface area contributed by atoms with E-state index >= 15 is 0 Å². The lowest BCUT2D eigenvalue weighted by Gasteiger charge is -2.35. The molecular weight excluding hydrogens is 278 g/mol. The topological polar surface area (TPSA) is 49.8 Å². The van der Waals surface area contributed by atoms with E-state index in [1.165, 1.54) is 0 Å². The lowest BCUT2D eigenvalue weighted by Crippen LogP contribution is -2.44. The number of Topliss-reactive ketones (excluding diaryl/α,β-unsaturated/α-hetero) is 1. The molecule has 0 amide bonds. The highest BCUT2D eigenvalue weighted by Crippen LogP contribution is 2.26. The number of hydrogen-bond acceptors (Lipinski definition) is 4. The highest BCUT2D eigenvalue weighted by atomic mass is 35.5. The molecule has 1 N–H and O–H groups in total. The molecule has 0 unspecified atom stereocenters. The highest BCUT2D eigenvalue weighted by Gasteiger charge is 2.28. The van der Waals surface area contributed by atoms with Gasteiger partial charge in [0.1, 0.15) is 5.75 Å². The maximum absolute atomic E-state index is 12.2. The second kappa shape index (κ2) is 6.12. The summed E-state index contributed by atoms with van der Waals surface area (Å²) in [7, 11) is 1.54. The van der Waals surface area contributed by atoms with Gasteiger partial charge >= 0.3 is 0 Å². The lowest BCUT2D eigenvalue weighted by atomic mass is 9.93. The zero-order chi connectivity index (χ0) is 14.8. The molecule has 1 fully saturated rings. The summed E-state index contributed by atoms with van der Waals surface area (Å²) in [5.74, 6) is 0.605. The summed E-state index contributed by atoms with van der Waals surface area (Å²) in [5, 5.41) is 10.3. The number of methoxy groups -OCH3 is 1. The van der Waals surface area contributed by atoms with Crippen LogP contribution in [0.4, 0.5) is 0 Å². The third-order valence-electron chi connectivity index (χ3n) is 3.77. The summed E-state index contributed by atoms with van der Waals surface area (Å²) in [6.45, 7) is 3.68. The van der Waals surface area contributed by atoms with Crippen LogP contribution in [0.15, 0.2) is 18.2 Å². The van der Waals surface area contributed by atoms with Crippen LogP contribution in [0, 0.1) is 0 Å². The van der Waals surface area contributed by atoms with Gasteiger partial charge in [-0.1, -0.05) is 11.6 Å². The number of carbonyl (C=O) groups excluding carboxylic acids is 1. The Morgan fingerprint density at radius 1 is 1.45 bits per heavy atom. The minimum absolute atomic E-state index is 0.0381. The van der Waals surface area contributed by atoms with Crippen molar-refractivity contribution in [3.63, 3.8) is 0 Å². The SMILES string of the molecule is COc1ccc(C(=O)CN2CCC(C)(O)CC2)cc1Cl. The summed E-state index contributed by atoms with van der Waals surface area (Å²) < 4.78 is 5.07. The first-order valence-corrected chi connectivity index (χ1v) is 7.10. The number of halogens is 1. The summed E-state index contributed by atoms with van der Waals surface area (Å²) >= 11 is 6.03. The Hall–Kier alpha value is -1.10. The first kappa shape index (κ1) is 15.3. The van der Waals surface area contributed by atoms with Gasteiger partial charge in [0.25, 0.3) is 0 Å². The Bertz CT molecular complexity index is 492. The summed E-state index contributed by atoms with van der Waals surface area (Å²) in [5.41, 5.74) is -0.00341. The fraction of sp³-hybridized carbons (Fsp3) is 0.533. The average molecular weight is 298 g/mol. The molecule has 1 aliphatic rings. The van der Waals surface area contributed by atoms with Gasteiger partial charge in [0.05, 0.1) is 24.3 Å². The largest absolute Gasteiger partial charge is 0.495 e. The Morgan fingerprint density at radius 3 is 2.65 bits per heavy atom. The van der Waals surface area contributed by atoms with E-state index < -0.39 is 5.60 Å². The molecule has 0 atom stereocenters. The van der Waals surface area contributed by atoms with E-state index in [1.807, 2.05) is 6.92 Å². The van der Waals surface area contributed by atoms with Crippen molar-refractivity contribution in [3.8, 4) is 5.75 Å². The summed E-state index contributed by atoms with van der Waals surface area (Å²) in [4.78, 5) is 14.3. The molecule has 1 heterocycles. The third-order valence-corrected chi connectivity index (χ3v) is 4.07. The smallest absolute Gasteiger partial charge is 0.176 e. The van der Waals surface area contributed by atoms with Crippen LogP contribution in [0.1, 0.15) is 30.1 Å². The predicted octanol–water partition coefficient (Wildman–Crippen LogP) is 2.38. The number of rotatable bonds is 4. The maximum atomic E-state index is 12.2. The summed E-state index contributed by atoms with van der Waals surface area (Å²) in [6.07, 6.45) is 1.40. The van der Waals surface area contributed by atoms with Crippen LogP contribution in [0.2, 0.25) is 5.02 Å². The molecule has 110 valence electrons. The second-order valence-electron chi connectivity index (χ2n) is 5.55. The Kier molecular flexibility index (Phi) is 4.68. The minimum Gasteiger partial charge on any atom is -0.495 e. The number of ketones is 1. The molecule has 5 heteroatoms. The van der Waals surface area contributed by atoms with Gasteiger partial charge in [-0.3, -0.25) is 9.69 Å². The van der Waals surface area contributed by atoms with Crippen LogP contribution < -0.4 is 4.74 Å². The van der Waals surface area contributed by atoms with Gasteiger partial charge in [0.15, 0.2) is 5.78 Å². The van der Waals surface area contributed by atoms with Gasteiger partial charge in [0.2, 0.25) is 0 Å². The number of carbonyl (C=O) groups is 1. The van der Waals surface area contributed by atoms with Gasteiger partial charge in [-0.05, 0) is 38.0 Å². The van der Waals surface area contributed by atoms with E-state index in [4.69, 9.17) is 16.3 Å². The Balaban J connectivity index is 1.97. The fourth-order valence-corrected chi connectivity index (χ4v) is 2.58. The zero-order valence-corrected chi connectivity index (χ0v) is 12.6. The highest BCUT2D eigenvalue weighted by molar-refractivity contribution is 6.32. The molecule has 4 nitrogen and oxygen atoms in total. The van der Waals surface area contributed by atoms with Crippen LogP contribution in [0.25, 0.3) is 0 Å². The van der Waals surface area contributed by atoms with Crippen molar-refractivity contribution in [1.29, 1.82) is 0 Å². The standard InChI is InChI=1S/C15H20ClNO3/c1-15(19)5-7-17(8-6-15)10-13(18)11-3-4-14(20-2)12(16)9-11/h3-4,9,19H,5-8,10H2,1-2H3. The van der Waals surface area contributed by atoms with Gasteiger partial charge in [-0.15, -0.1) is 0 Å². The molecule has 0 radical (unpaired) electrons. The van der Waals surface area contributed by atoms with Crippen LogP contribution in [0.5, 0.6) is 5.75 Å².